The maximum absolute atomic E-state index is 13.0. The third-order valence-electron chi connectivity index (χ3n) is 5.24. The molecule has 156 valence electrons. The topological polar surface area (TPSA) is 75.9 Å². The molecule has 1 amide bonds. The second-order valence-corrected chi connectivity index (χ2v) is 7.54. The van der Waals surface area contributed by atoms with Gasteiger partial charge < -0.3 is 19.0 Å². The number of anilines is 1. The van der Waals surface area contributed by atoms with Gasteiger partial charge in [0.25, 0.3) is 5.91 Å². The monoisotopic (exact) mass is 427 g/mol. The molecule has 4 rings (SSSR count). The van der Waals surface area contributed by atoms with E-state index in [4.69, 9.17) is 20.8 Å². The minimum Gasteiger partial charge on any atom is -0.462 e. The molecule has 1 aliphatic heterocycles. The summed E-state index contributed by atoms with van der Waals surface area (Å²) in [5, 5.41) is 1.47. The van der Waals surface area contributed by atoms with Gasteiger partial charge in [-0.25, -0.2) is 9.78 Å². The van der Waals surface area contributed by atoms with Crippen molar-refractivity contribution in [3.63, 3.8) is 0 Å². The maximum Gasteiger partial charge on any atom is 0.339 e. The standard InChI is InChI=1S/C22H22ClN3O4/c1-3-29-22(28)15-4-7-19(24-13-15)25-8-10-26(11-9-25)21(27)20-14(2)17-12-16(23)5-6-18(17)30-20/h4-7,12-13H,3,8-11H2,1-2H3. The second kappa shape index (κ2) is 8.36. The number of pyridine rings is 1. The average Bonchev–Trinajstić information content (AvgIpc) is 3.09. The fourth-order valence-electron chi connectivity index (χ4n) is 3.59. The van der Waals surface area contributed by atoms with Crippen LogP contribution in [0.2, 0.25) is 5.02 Å². The fourth-order valence-corrected chi connectivity index (χ4v) is 3.76. The first-order valence-corrected chi connectivity index (χ1v) is 10.2. The van der Waals surface area contributed by atoms with E-state index in [0.717, 1.165) is 16.8 Å². The highest BCUT2D eigenvalue weighted by Crippen LogP contribution is 2.29. The normalized spacial score (nSPS) is 14.2. The lowest BCUT2D eigenvalue weighted by Gasteiger charge is -2.35. The number of carbonyl (C=O) groups is 2. The molecule has 7 nitrogen and oxygen atoms in total. The minimum atomic E-state index is -0.380. The Morgan fingerprint density at radius 1 is 1.17 bits per heavy atom. The predicted molar refractivity (Wildman–Crippen MR) is 114 cm³/mol. The van der Waals surface area contributed by atoms with E-state index in [9.17, 15) is 9.59 Å². The van der Waals surface area contributed by atoms with Gasteiger partial charge in [-0.2, -0.15) is 0 Å². The van der Waals surface area contributed by atoms with Crippen molar-refractivity contribution in [2.45, 2.75) is 13.8 Å². The summed E-state index contributed by atoms with van der Waals surface area (Å²) >= 11 is 6.07. The molecule has 8 heteroatoms. The van der Waals surface area contributed by atoms with Gasteiger partial charge in [0.2, 0.25) is 0 Å². The Labute approximate surface area is 179 Å². The van der Waals surface area contributed by atoms with Crippen LogP contribution in [0.25, 0.3) is 11.0 Å². The van der Waals surface area contributed by atoms with Gasteiger partial charge in [-0.15, -0.1) is 0 Å². The molecule has 0 unspecified atom stereocenters. The number of hydrogen-bond acceptors (Lipinski definition) is 6. The lowest BCUT2D eigenvalue weighted by Crippen LogP contribution is -2.49. The molecule has 3 aromatic rings. The molecule has 0 saturated carbocycles. The molecule has 3 heterocycles. The van der Waals surface area contributed by atoms with Gasteiger partial charge in [0, 0.05) is 48.3 Å². The molecule has 1 fully saturated rings. The van der Waals surface area contributed by atoms with Crippen LogP contribution in [0, 0.1) is 6.92 Å². The average molecular weight is 428 g/mol. The molecule has 0 N–H and O–H groups in total. The van der Waals surface area contributed by atoms with Crippen molar-refractivity contribution in [3.8, 4) is 0 Å². The number of fused-ring (bicyclic) bond motifs is 1. The van der Waals surface area contributed by atoms with Crippen molar-refractivity contribution in [2.75, 3.05) is 37.7 Å². The van der Waals surface area contributed by atoms with Crippen LogP contribution in [0.3, 0.4) is 0 Å². The van der Waals surface area contributed by atoms with Crippen LogP contribution >= 0.6 is 11.6 Å². The minimum absolute atomic E-state index is 0.120. The van der Waals surface area contributed by atoms with Crippen LogP contribution < -0.4 is 4.90 Å². The van der Waals surface area contributed by atoms with Crippen LogP contribution in [0.5, 0.6) is 0 Å². The number of aromatic nitrogens is 1. The zero-order chi connectivity index (χ0) is 21.3. The summed E-state index contributed by atoms with van der Waals surface area (Å²) < 4.78 is 10.8. The number of furan rings is 1. The first-order valence-electron chi connectivity index (χ1n) is 9.84. The summed E-state index contributed by atoms with van der Waals surface area (Å²) in [5.74, 6) is 0.627. The lowest BCUT2D eigenvalue weighted by molar-refractivity contribution is 0.0525. The quantitative estimate of drug-likeness (QED) is 0.587. The largest absolute Gasteiger partial charge is 0.462 e. The Morgan fingerprint density at radius 3 is 2.60 bits per heavy atom. The van der Waals surface area contributed by atoms with Crippen LogP contribution in [0.15, 0.2) is 40.9 Å². The van der Waals surface area contributed by atoms with Crippen molar-refractivity contribution >= 4 is 40.3 Å². The van der Waals surface area contributed by atoms with Crippen molar-refractivity contribution in [2.24, 2.45) is 0 Å². The van der Waals surface area contributed by atoms with Crippen molar-refractivity contribution < 1.29 is 18.7 Å². The van der Waals surface area contributed by atoms with Crippen LogP contribution in [0.4, 0.5) is 5.82 Å². The number of halogens is 1. The molecule has 30 heavy (non-hydrogen) atoms. The highest BCUT2D eigenvalue weighted by atomic mass is 35.5. The Bertz CT molecular complexity index is 1090. The molecule has 1 saturated heterocycles. The predicted octanol–water partition coefficient (Wildman–Crippen LogP) is 3.93. The Hall–Kier alpha value is -3.06. The van der Waals surface area contributed by atoms with E-state index in [1.54, 1.807) is 36.1 Å². The lowest BCUT2D eigenvalue weighted by atomic mass is 10.1. The first kappa shape index (κ1) is 20.2. The zero-order valence-electron chi connectivity index (χ0n) is 16.9. The van der Waals surface area contributed by atoms with Crippen molar-refractivity contribution in [1.82, 2.24) is 9.88 Å². The number of benzene rings is 1. The van der Waals surface area contributed by atoms with Gasteiger partial charge >= 0.3 is 5.97 Å². The number of amides is 1. The number of esters is 1. The highest BCUT2D eigenvalue weighted by molar-refractivity contribution is 6.31. The maximum atomic E-state index is 13.0. The van der Waals surface area contributed by atoms with Crippen LogP contribution in [0.1, 0.15) is 33.4 Å². The van der Waals surface area contributed by atoms with Gasteiger partial charge in [-0.05, 0) is 44.2 Å². The van der Waals surface area contributed by atoms with Gasteiger partial charge in [0.1, 0.15) is 11.4 Å². The molecule has 1 aliphatic rings. The summed E-state index contributed by atoms with van der Waals surface area (Å²) in [6, 6.07) is 8.86. The molecule has 0 bridgehead atoms. The van der Waals surface area contributed by atoms with Gasteiger partial charge in [0.05, 0.1) is 12.2 Å². The summed E-state index contributed by atoms with van der Waals surface area (Å²) in [7, 11) is 0. The van der Waals surface area contributed by atoms with E-state index in [1.165, 1.54) is 6.20 Å². The molecule has 1 aromatic carbocycles. The highest BCUT2D eigenvalue weighted by Gasteiger charge is 2.27. The first-order chi connectivity index (χ1) is 14.5. The number of ether oxygens (including phenoxy) is 1. The van der Waals surface area contributed by atoms with Gasteiger partial charge in [-0.3, -0.25) is 4.79 Å². The molecular formula is C22H22ClN3O4. The third kappa shape index (κ3) is 3.85. The molecular weight excluding hydrogens is 406 g/mol. The summed E-state index contributed by atoms with van der Waals surface area (Å²) in [6.45, 7) is 6.36. The van der Waals surface area contributed by atoms with Gasteiger partial charge in [0.15, 0.2) is 5.76 Å². The zero-order valence-corrected chi connectivity index (χ0v) is 17.6. The van der Waals surface area contributed by atoms with Crippen molar-refractivity contribution in [1.29, 1.82) is 0 Å². The fraction of sp³-hybridized carbons (Fsp3) is 0.318. The van der Waals surface area contributed by atoms with Crippen LogP contribution in [-0.2, 0) is 4.74 Å². The van der Waals surface area contributed by atoms with Crippen LogP contribution in [-0.4, -0.2) is 54.5 Å². The van der Waals surface area contributed by atoms with E-state index >= 15 is 0 Å². The number of hydrogen-bond donors (Lipinski definition) is 0. The van der Waals surface area contributed by atoms with E-state index < -0.39 is 0 Å². The molecule has 0 aliphatic carbocycles. The number of aryl methyl sites for hydroxylation is 1. The number of nitrogens with zero attached hydrogens (tertiary/aromatic N) is 3. The number of rotatable bonds is 4. The van der Waals surface area contributed by atoms with E-state index in [-0.39, 0.29) is 11.9 Å². The third-order valence-corrected chi connectivity index (χ3v) is 5.48. The second-order valence-electron chi connectivity index (χ2n) is 7.10. The number of piperazine rings is 1. The molecule has 2 aromatic heterocycles. The van der Waals surface area contributed by atoms with E-state index in [0.29, 0.717) is 54.7 Å². The van der Waals surface area contributed by atoms with E-state index in [1.807, 2.05) is 13.0 Å². The Kier molecular flexibility index (Phi) is 5.63. The molecule has 0 spiro atoms. The summed E-state index contributed by atoms with van der Waals surface area (Å²) in [6.07, 6.45) is 1.52. The number of carbonyl (C=O) groups excluding carboxylic acids is 2. The summed E-state index contributed by atoms with van der Waals surface area (Å²) in [4.78, 5) is 33.0. The van der Waals surface area contributed by atoms with Crippen molar-refractivity contribution in [3.05, 3.63) is 58.4 Å². The SMILES string of the molecule is CCOC(=O)c1ccc(N2CCN(C(=O)c3oc4ccc(Cl)cc4c3C)CC2)nc1. The summed E-state index contributed by atoms with van der Waals surface area (Å²) in [5.41, 5.74) is 1.89. The smallest absolute Gasteiger partial charge is 0.339 e. The molecule has 0 atom stereocenters. The van der Waals surface area contributed by atoms with Gasteiger partial charge in [-0.1, -0.05) is 11.6 Å². The van der Waals surface area contributed by atoms with E-state index in [2.05, 4.69) is 9.88 Å². The Balaban J connectivity index is 1.43. The Morgan fingerprint density at radius 2 is 1.93 bits per heavy atom. The molecule has 0 radical (unpaired) electrons.